The SMILES string of the molecule is [C-]#[N+]c1cn2[nH]c(-c3ccc(C)c(Nc4cc(C)ccc4OC(C)C(=O)NS(C)(=O)=O)c3)nc2c1C(=O)OC1C(C)CC(C)CC1C. The van der Waals surface area contributed by atoms with Crippen LogP contribution in [0.4, 0.5) is 17.1 Å². The molecule has 1 aliphatic rings. The maximum Gasteiger partial charge on any atom is 0.331 e. The summed E-state index contributed by atoms with van der Waals surface area (Å²) in [6.45, 7) is 19.4. The number of hydrogen-bond donors (Lipinski definition) is 3. The first kappa shape index (κ1) is 33.5. The van der Waals surface area contributed by atoms with Gasteiger partial charge in [0, 0.05) is 17.4 Å². The molecule has 2 heterocycles. The molecule has 0 aliphatic heterocycles. The Morgan fingerprint density at radius 2 is 1.79 bits per heavy atom. The first-order valence-corrected chi connectivity index (χ1v) is 17.4. The topological polar surface area (TPSA) is 148 Å². The van der Waals surface area contributed by atoms with Gasteiger partial charge in [-0.1, -0.05) is 39.0 Å². The number of aromatic amines is 1. The standard InChI is InChI=1S/C34H40N6O6S/c1-18-9-12-28(45-23(6)33(41)39-47(8,43)44)26(15-18)36-25-16-24(11-10-20(25)3)31-37-32-29(27(35-7)17-40(32)38-31)34(42)46-30-21(4)13-19(2)14-22(30)5/h9-12,15-17,19,21-23,30,36H,13-14H2,1-6,8H3,(H,37,38)(H,39,41). The molecule has 47 heavy (non-hydrogen) atoms. The summed E-state index contributed by atoms with van der Waals surface area (Å²) in [4.78, 5) is 34.2. The van der Waals surface area contributed by atoms with Crippen LogP contribution >= 0.6 is 0 Å². The van der Waals surface area contributed by atoms with Crippen molar-refractivity contribution >= 4 is 44.6 Å². The van der Waals surface area contributed by atoms with Crippen LogP contribution in [0.5, 0.6) is 5.75 Å². The molecule has 0 bridgehead atoms. The molecule has 12 nitrogen and oxygen atoms in total. The second-order valence-corrected chi connectivity index (χ2v) is 14.6. The third-order valence-corrected chi connectivity index (χ3v) is 9.09. The lowest BCUT2D eigenvalue weighted by molar-refractivity contribution is -0.125. The molecular weight excluding hydrogens is 620 g/mol. The average molecular weight is 661 g/mol. The number of rotatable bonds is 9. The van der Waals surface area contributed by atoms with Crippen LogP contribution in [0, 0.1) is 38.2 Å². The third-order valence-electron chi connectivity index (χ3n) is 8.52. The van der Waals surface area contributed by atoms with Crippen LogP contribution in [0.3, 0.4) is 0 Å². The van der Waals surface area contributed by atoms with E-state index in [1.807, 2.05) is 48.9 Å². The lowest BCUT2D eigenvalue weighted by Gasteiger charge is -2.37. The number of hydrogen-bond acceptors (Lipinski definition) is 8. The molecule has 2 aromatic heterocycles. The fourth-order valence-electron chi connectivity index (χ4n) is 6.35. The van der Waals surface area contributed by atoms with Gasteiger partial charge in [-0.25, -0.2) is 23.0 Å². The Balaban J connectivity index is 1.42. The molecule has 0 spiro atoms. The van der Waals surface area contributed by atoms with Crippen LogP contribution in [0.2, 0.25) is 0 Å². The number of ether oxygens (including phenoxy) is 2. The fraction of sp³-hybridized carbons (Fsp3) is 0.412. The Morgan fingerprint density at radius 3 is 2.45 bits per heavy atom. The van der Waals surface area contributed by atoms with E-state index in [0.717, 1.165) is 35.9 Å². The van der Waals surface area contributed by atoms with Gasteiger partial charge in [0.1, 0.15) is 17.4 Å². The summed E-state index contributed by atoms with van der Waals surface area (Å²) in [6.07, 6.45) is 3.10. The largest absolute Gasteiger partial charge is 0.479 e. The van der Waals surface area contributed by atoms with E-state index in [2.05, 4.69) is 36.0 Å². The minimum Gasteiger partial charge on any atom is -0.479 e. The molecule has 3 N–H and O–H groups in total. The summed E-state index contributed by atoms with van der Waals surface area (Å²) in [5, 5.41) is 6.56. The maximum atomic E-state index is 13.5. The highest BCUT2D eigenvalue weighted by molar-refractivity contribution is 7.89. The quantitative estimate of drug-likeness (QED) is 0.140. The number of aryl methyl sites for hydroxylation is 2. The molecule has 3 atom stereocenters. The molecule has 4 aromatic rings. The van der Waals surface area contributed by atoms with Crippen LogP contribution in [-0.4, -0.2) is 53.4 Å². The Kier molecular flexibility index (Phi) is 9.36. The predicted octanol–water partition coefficient (Wildman–Crippen LogP) is 6.31. The van der Waals surface area contributed by atoms with Crippen molar-refractivity contribution in [1.82, 2.24) is 19.3 Å². The van der Waals surface area contributed by atoms with Crippen molar-refractivity contribution < 1.29 is 27.5 Å². The molecule has 1 fully saturated rings. The molecule has 5 rings (SSSR count). The molecule has 3 unspecified atom stereocenters. The number of anilines is 2. The summed E-state index contributed by atoms with van der Waals surface area (Å²) in [5.41, 5.74) is 4.48. The first-order valence-electron chi connectivity index (χ1n) is 15.5. The predicted molar refractivity (Wildman–Crippen MR) is 179 cm³/mol. The molecule has 0 saturated heterocycles. The van der Waals surface area contributed by atoms with Crippen LogP contribution in [-0.2, 0) is 19.6 Å². The second-order valence-electron chi connectivity index (χ2n) is 12.8. The molecule has 0 radical (unpaired) electrons. The number of aromatic nitrogens is 3. The van der Waals surface area contributed by atoms with E-state index in [1.54, 1.807) is 16.8 Å². The molecule has 1 amide bonds. The molecular formula is C34H40N6O6S. The van der Waals surface area contributed by atoms with Crippen molar-refractivity contribution in [1.29, 1.82) is 0 Å². The highest BCUT2D eigenvalue weighted by Gasteiger charge is 2.35. The van der Waals surface area contributed by atoms with Crippen molar-refractivity contribution in [2.24, 2.45) is 17.8 Å². The third kappa shape index (κ3) is 7.44. The number of carbonyl (C=O) groups excluding carboxylic acids is 2. The van der Waals surface area contributed by atoms with Gasteiger partial charge in [0.2, 0.25) is 15.7 Å². The van der Waals surface area contributed by atoms with Gasteiger partial charge >= 0.3 is 5.97 Å². The van der Waals surface area contributed by atoms with Crippen molar-refractivity contribution in [2.75, 3.05) is 11.6 Å². The lowest BCUT2D eigenvalue weighted by Crippen LogP contribution is -2.39. The van der Waals surface area contributed by atoms with Crippen molar-refractivity contribution in [3.05, 3.63) is 70.7 Å². The molecule has 248 valence electrons. The van der Waals surface area contributed by atoms with Gasteiger partial charge < -0.3 is 14.8 Å². The maximum absolute atomic E-state index is 13.5. The van der Waals surface area contributed by atoms with Crippen LogP contribution in [0.1, 0.15) is 62.0 Å². The fourth-order valence-corrected chi connectivity index (χ4v) is 6.88. The summed E-state index contributed by atoms with van der Waals surface area (Å²) in [5.74, 6) is 0.504. The van der Waals surface area contributed by atoms with Gasteiger partial charge in [0.05, 0.1) is 18.5 Å². The van der Waals surface area contributed by atoms with Gasteiger partial charge in [0.15, 0.2) is 17.6 Å². The number of nitrogens with one attached hydrogen (secondary N) is 3. The van der Waals surface area contributed by atoms with Gasteiger partial charge in [-0.2, -0.15) is 0 Å². The Hall–Kier alpha value is -4.83. The number of fused-ring (bicyclic) bond motifs is 1. The van der Waals surface area contributed by atoms with Gasteiger partial charge in [-0.05, 0) is 80.7 Å². The number of benzene rings is 2. The molecule has 1 saturated carbocycles. The van der Waals surface area contributed by atoms with E-state index in [4.69, 9.17) is 21.0 Å². The zero-order valence-corrected chi connectivity index (χ0v) is 28.4. The van der Waals surface area contributed by atoms with E-state index in [0.29, 0.717) is 34.4 Å². The number of amides is 1. The van der Waals surface area contributed by atoms with Crippen LogP contribution in [0.25, 0.3) is 21.9 Å². The van der Waals surface area contributed by atoms with Gasteiger partial charge in [-0.3, -0.25) is 19.1 Å². The normalized spacial score (nSPS) is 20.3. The highest BCUT2D eigenvalue weighted by atomic mass is 32.2. The zero-order valence-electron chi connectivity index (χ0n) is 27.5. The Bertz CT molecular complexity index is 1980. The number of esters is 1. The Morgan fingerprint density at radius 1 is 1.09 bits per heavy atom. The van der Waals surface area contributed by atoms with Crippen molar-refractivity contribution in [3.63, 3.8) is 0 Å². The van der Waals surface area contributed by atoms with Crippen molar-refractivity contribution in [2.45, 2.75) is 66.6 Å². The summed E-state index contributed by atoms with van der Waals surface area (Å²) in [6, 6.07) is 11.1. The summed E-state index contributed by atoms with van der Waals surface area (Å²) in [7, 11) is -3.74. The van der Waals surface area contributed by atoms with E-state index >= 15 is 0 Å². The highest BCUT2D eigenvalue weighted by Crippen LogP contribution is 2.37. The zero-order chi connectivity index (χ0) is 34.2. The second kappa shape index (κ2) is 13.1. The average Bonchev–Trinajstić information content (AvgIpc) is 3.54. The number of nitrogens with zero attached hydrogens (tertiary/aromatic N) is 3. The van der Waals surface area contributed by atoms with Gasteiger partial charge in [-0.15, -0.1) is 0 Å². The number of sulfonamides is 1. The van der Waals surface area contributed by atoms with Gasteiger partial charge in [0.25, 0.3) is 5.91 Å². The molecule has 2 aromatic carbocycles. The minimum absolute atomic E-state index is 0.140. The molecule has 1 aliphatic carbocycles. The number of carbonyl (C=O) groups is 2. The monoisotopic (exact) mass is 660 g/mol. The van der Waals surface area contributed by atoms with E-state index < -0.39 is 28.0 Å². The number of H-pyrrole nitrogens is 1. The first-order chi connectivity index (χ1) is 22.1. The minimum atomic E-state index is -3.74. The summed E-state index contributed by atoms with van der Waals surface area (Å²) < 4.78 is 38.5. The summed E-state index contributed by atoms with van der Waals surface area (Å²) >= 11 is 0. The molecule has 13 heteroatoms. The van der Waals surface area contributed by atoms with E-state index in [1.165, 1.54) is 6.92 Å². The Labute approximate surface area is 274 Å². The van der Waals surface area contributed by atoms with Crippen LogP contribution < -0.4 is 14.8 Å². The van der Waals surface area contributed by atoms with Crippen molar-refractivity contribution in [3.8, 4) is 17.1 Å². The lowest BCUT2D eigenvalue weighted by atomic mass is 9.75. The van der Waals surface area contributed by atoms with E-state index in [9.17, 15) is 18.0 Å². The smallest absolute Gasteiger partial charge is 0.331 e. The van der Waals surface area contributed by atoms with Crippen LogP contribution in [0.15, 0.2) is 42.6 Å². The van der Waals surface area contributed by atoms with E-state index in [-0.39, 0.29) is 29.2 Å².